The third-order valence-electron chi connectivity index (χ3n) is 4.55. The zero-order valence-electron chi connectivity index (χ0n) is 13.9. The highest BCUT2D eigenvalue weighted by Gasteiger charge is 2.25. The van der Waals surface area contributed by atoms with Crippen LogP contribution in [0.1, 0.15) is 5.56 Å². The molecule has 1 unspecified atom stereocenters. The van der Waals surface area contributed by atoms with Gasteiger partial charge in [0.1, 0.15) is 0 Å². The highest BCUT2D eigenvalue weighted by Crippen LogP contribution is 2.22. The number of pyridine rings is 1. The van der Waals surface area contributed by atoms with Crippen LogP contribution in [0.25, 0.3) is 10.8 Å². The van der Waals surface area contributed by atoms with Crippen molar-refractivity contribution in [3.05, 3.63) is 72.6 Å². The van der Waals surface area contributed by atoms with E-state index in [0.29, 0.717) is 13.2 Å². The van der Waals surface area contributed by atoms with Crippen LogP contribution in [0.15, 0.2) is 67.0 Å². The second-order valence-corrected chi connectivity index (χ2v) is 6.30. The molecule has 0 spiro atoms. The van der Waals surface area contributed by atoms with Crippen molar-refractivity contribution in [1.82, 2.24) is 15.2 Å². The van der Waals surface area contributed by atoms with E-state index in [1.165, 1.54) is 5.56 Å². The number of anilines is 1. The lowest BCUT2D eigenvalue weighted by Gasteiger charge is -2.17. The number of nitrogens with zero attached hydrogens (tertiary/aromatic N) is 2. The number of carbonyl (C=O) groups is 1. The molecule has 2 heterocycles. The zero-order chi connectivity index (χ0) is 17.1. The number of hydrogen-bond donors (Lipinski definition) is 2. The second kappa shape index (κ2) is 6.91. The molecular weight excluding hydrogens is 312 g/mol. The second-order valence-electron chi connectivity index (χ2n) is 6.30. The molecule has 2 aromatic carbocycles. The van der Waals surface area contributed by atoms with Gasteiger partial charge in [0.15, 0.2) is 0 Å². The summed E-state index contributed by atoms with van der Waals surface area (Å²) in [5.41, 5.74) is 2.10. The first kappa shape index (κ1) is 15.6. The summed E-state index contributed by atoms with van der Waals surface area (Å²) in [5, 5.41) is 8.46. The molecule has 1 fully saturated rings. The molecule has 1 aliphatic rings. The predicted octanol–water partition coefficient (Wildman–Crippen LogP) is 3.24. The van der Waals surface area contributed by atoms with E-state index < -0.39 is 0 Å². The highest BCUT2D eigenvalue weighted by atomic mass is 16.2. The average molecular weight is 332 g/mol. The Kier molecular flexibility index (Phi) is 4.31. The van der Waals surface area contributed by atoms with Crippen molar-refractivity contribution in [2.45, 2.75) is 12.5 Å². The van der Waals surface area contributed by atoms with Gasteiger partial charge in [0.05, 0.1) is 12.4 Å². The Balaban J connectivity index is 1.42. The molecule has 0 saturated carbocycles. The van der Waals surface area contributed by atoms with E-state index in [-0.39, 0.29) is 12.1 Å². The maximum Gasteiger partial charge on any atom is 0.322 e. The number of benzene rings is 2. The van der Waals surface area contributed by atoms with Crippen LogP contribution in [0.3, 0.4) is 0 Å². The Hall–Kier alpha value is -2.92. The molecular formula is C20H20N4O. The summed E-state index contributed by atoms with van der Waals surface area (Å²) in [6.45, 7) is 1.27. The van der Waals surface area contributed by atoms with Crippen molar-refractivity contribution >= 4 is 22.5 Å². The van der Waals surface area contributed by atoms with Gasteiger partial charge in [0, 0.05) is 35.8 Å². The van der Waals surface area contributed by atoms with E-state index in [9.17, 15) is 4.79 Å². The monoisotopic (exact) mass is 332 g/mol. The van der Waals surface area contributed by atoms with Gasteiger partial charge in [0.25, 0.3) is 0 Å². The first-order valence-corrected chi connectivity index (χ1v) is 8.45. The Bertz CT molecular complexity index is 876. The number of amides is 2. The Labute approximate surface area is 146 Å². The Morgan fingerprint density at radius 2 is 2.04 bits per heavy atom. The average Bonchev–Trinajstić information content (AvgIpc) is 3.11. The van der Waals surface area contributed by atoms with Crippen molar-refractivity contribution in [2.75, 3.05) is 18.5 Å². The maximum atomic E-state index is 12.6. The molecule has 2 amide bonds. The SMILES string of the molecule is O=C(Nc1cccc2cnccc12)N1CNC(Cc2ccccc2)C1. The van der Waals surface area contributed by atoms with E-state index >= 15 is 0 Å². The lowest BCUT2D eigenvalue weighted by Crippen LogP contribution is -2.34. The lowest BCUT2D eigenvalue weighted by molar-refractivity contribution is 0.221. The predicted molar refractivity (Wildman–Crippen MR) is 99.4 cm³/mol. The number of hydrogen-bond acceptors (Lipinski definition) is 3. The van der Waals surface area contributed by atoms with Crippen molar-refractivity contribution < 1.29 is 4.79 Å². The topological polar surface area (TPSA) is 57.3 Å². The summed E-state index contributed by atoms with van der Waals surface area (Å²) < 4.78 is 0. The minimum Gasteiger partial charge on any atom is -0.310 e. The largest absolute Gasteiger partial charge is 0.322 e. The van der Waals surface area contributed by atoms with E-state index in [4.69, 9.17) is 0 Å². The fourth-order valence-electron chi connectivity index (χ4n) is 3.25. The van der Waals surface area contributed by atoms with Crippen molar-refractivity contribution in [3.63, 3.8) is 0 Å². The van der Waals surface area contributed by atoms with Crippen LogP contribution < -0.4 is 10.6 Å². The standard InChI is InChI=1S/C20H20N4O/c25-20(23-19-8-4-7-16-12-21-10-9-18(16)19)24-13-17(22-14-24)11-15-5-2-1-3-6-15/h1-10,12,17,22H,11,13-14H2,(H,23,25). The van der Waals surface area contributed by atoms with Crippen LogP contribution in [-0.4, -0.2) is 35.2 Å². The number of carbonyl (C=O) groups excluding carboxylic acids is 1. The van der Waals surface area contributed by atoms with Crippen LogP contribution in [0.2, 0.25) is 0 Å². The summed E-state index contributed by atoms with van der Waals surface area (Å²) in [5.74, 6) is 0. The molecule has 1 atom stereocenters. The van der Waals surface area contributed by atoms with Crippen LogP contribution >= 0.6 is 0 Å². The number of urea groups is 1. The molecule has 3 aromatic rings. The van der Waals surface area contributed by atoms with Gasteiger partial charge in [-0.05, 0) is 24.1 Å². The molecule has 5 nitrogen and oxygen atoms in total. The lowest BCUT2D eigenvalue weighted by atomic mass is 10.1. The van der Waals surface area contributed by atoms with Gasteiger partial charge in [-0.25, -0.2) is 4.79 Å². The number of rotatable bonds is 3. The summed E-state index contributed by atoms with van der Waals surface area (Å²) in [7, 11) is 0. The van der Waals surface area contributed by atoms with Gasteiger partial charge in [-0.15, -0.1) is 0 Å². The van der Waals surface area contributed by atoms with E-state index in [2.05, 4.69) is 27.8 Å². The first-order valence-electron chi connectivity index (χ1n) is 8.45. The van der Waals surface area contributed by atoms with Crippen LogP contribution in [0, 0.1) is 0 Å². The quantitative estimate of drug-likeness (QED) is 0.774. The number of nitrogens with one attached hydrogen (secondary N) is 2. The molecule has 25 heavy (non-hydrogen) atoms. The minimum atomic E-state index is -0.0765. The summed E-state index contributed by atoms with van der Waals surface area (Å²) in [6, 6.07) is 18.3. The van der Waals surface area contributed by atoms with Gasteiger partial charge in [-0.1, -0.05) is 42.5 Å². The molecule has 2 N–H and O–H groups in total. The normalized spacial score (nSPS) is 17.0. The van der Waals surface area contributed by atoms with E-state index in [1.807, 2.05) is 47.4 Å². The molecule has 0 bridgehead atoms. The first-order chi connectivity index (χ1) is 12.3. The van der Waals surface area contributed by atoms with E-state index in [1.54, 1.807) is 12.4 Å². The molecule has 0 radical (unpaired) electrons. The van der Waals surface area contributed by atoms with Crippen LogP contribution in [0.4, 0.5) is 10.5 Å². The zero-order valence-corrected chi connectivity index (χ0v) is 13.9. The number of aromatic nitrogens is 1. The summed E-state index contributed by atoms with van der Waals surface area (Å²) in [4.78, 5) is 18.6. The summed E-state index contributed by atoms with van der Waals surface area (Å²) >= 11 is 0. The molecule has 1 aliphatic heterocycles. The Morgan fingerprint density at radius 3 is 2.92 bits per heavy atom. The van der Waals surface area contributed by atoms with Gasteiger partial charge in [0.2, 0.25) is 0 Å². The smallest absolute Gasteiger partial charge is 0.310 e. The van der Waals surface area contributed by atoms with Gasteiger partial charge in [-0.3, -0.25) is 10.3 Å². The molecule has 0 aliphatic carbocycles. The van der Waals surface area contributed by atoms with Crippen LogP contribution in [-0.2, 0) is 6.42 Å². The van der Waals surface area contributed by atoms with Crippen molar-refractivity contribution in [2.24, 2.45) is 0 Å². The third kappa shape index (κ3) is 3.46. The molecule has 5 heteroatoms. The molecule has 1 saturated heterocycles. The summed E-state index contributed by atoms with van der Waals surface area (Å²) in [6.07, 6.45) is 4.47. The highest BCUT2D eigenvalue weighted by molar-refractivity contribution is 6.01. The van der Waals surface area contributed by atoms with Gasteiger partial charge >= 0.3 is 6.03 Å². The fraction of sp³-hybridized carbons (Fsp3) is 0.200. The number of fused-ring (bicyclic) bond motifs is 1. The molecule has 1 aromatic heterocycles. The van der Waals surface area contributed by atoms with Crippen molar-refractivity contribution in [1.29, 1.82) is 0 Å². The van der Waals surface area contributed by atoms with Gasteiger partial charge < -0.3 is 10.2 Å². The molecule has 4 rings (SSSR count). The minimum absolute atomic E-state index is 0.0765. The van der Waals surface area contributed by atoms with Crippen LogP contribution in [0.5, 0.6) is 0 Å². The fourth-order valence-corrected chi connectivity index (χ4v) is 3.25. The van der Waals surface area contributed by atoms with E-state index in [0.717, 1.165) is 22.9 Å². The van der Waals surface area contributed by atoms with Crippen molar-refractivity contribution in [3.8, 4) is 0 Å². The maximum absolute atomic E-state index is 12.6. The Morgan fingerprint density at radius 1 is 1.16 bits per heavy atom. The molecule has 126 valence electrons. The van der Waals surface area contributed by atoms with Gasteiger partial charge in [-0.2, -0.15) is 0 Å². The third-order valence-corrected chi connectivity index (χ3v) is 4.55.